The molecule has 2 heterocycles. The predicted molar refractivity (Wildman–Crippen MR) is 88.7 cm³/mol. The van der Waals surface area contributed by atoms with E-state index >= 15 is 0 Å². The van der Waals surface area contributed by atoms with Gasteiger partial charge in [-0.15, -0.1) is 0 Å². The van der Waals surface area contributed by atoms with Gasteiger partial charge in [-0.25, -0.2) is 9.97 Å². The lowest BCUT2D eigenvalue weighted by atomic mass is 10.1. The first-order valence-electron chi connectivity index (χ1n) is 8.15. The van der Waals surface area contributed by atoms with Gasteiger partial charge in [-0.2, -0.15) is 0 Å². The molecule has 0 aromatic carbocycles. The van der Waals surface area contributed by atoms with Gasteiger partial charge in [0.1, 0.15) is 17.5 Å². The zero-order chi connectivity index (χ0) is 15.4. The Morgan fingerprint density at radius 2 is 2.00 bits per heavy atom. The maximum atomic E-state index is 6.12. The Bertz CT molecular complexity index is 474. The third kappa shape index (κ3) is 3.64. The van der Waals surface area contributed by atoms with E-state index in [2.05, 4.69) is 35.7 Å². The number of anilines is 2. The van der Waals surface area contributed by atoms with Crippen LogP contribution in [0.25, 0.3) is 0 Å². The van der Waals surface area contributed by atoms with Gasteiger partial charge in [-0.1, -0.05) is 13.8 Å². The Morgan fingerprint density at radius 1 is 1.24 bits per heavy atom. The molecule has 1 fully saturated rings. The Hall–Kier alpha value is -1.36. The number of nitrogens with zero attached hydrogens (tertiary/aromatic N) is 4. The Labute approximate surface area is 128 Å². The van der Waals surface area contributed by atoms with Gasteiger partial charge < -0.3 is 15.5 Å². The number of aromatic nitrogens is 2. The Morgan fingerprint density at radius 3 is 2.67 bits per heavy atom. The summed E-state index contributed by atoms with van der Waals surface area (Å²) in [6.45, 7) is 9.73. The highest BCUT2D eigenvalue weighted by Gasteiger charge is 2.25. The summed E-state index contributed by atoms with van der Waals surface area (Å²) >= 11 is 0. The van der Waals surface area contributed by atoms with Crippen LogP contribution in [0.2, 0.25) is 0 Å². The van der Waals surface area contributed by atoms with Crippen molar-refractivity contribution in [2.24, 2.45) is 0 Å². The quantitative estimate of drug-likeness (QED) is 0.922. The van der Waals surface area contributed by atoms with Gasteiger partial charge in [0.15, 0.2) is 0 Å². The zero-order valence-corrected chi connectivity index (χ0v) is 13.9. The summed E-state index contributed by atoms with van der Waals surface area (Å²) < 4.78 is 0. The van der Waals surface area contributed by atoms with E-state index in [1.54, 1.807) is 0 Å². The fourth-order valence-corrected chi connectivity index (χ4v) is 3.06. The van der Waals surface area contributed by atoms with Crippen LogP contribution >= 0.6 is 0 Å². The SMILES string of the molecule is CCCc1nc(N)c(C)c(N2CCCN(C)CC2CC)n1. The number of nitrogens with two attached hydrogens (primary N) is 1. The number of hydrogen-bond acceptors (Lipinski definition) is 5. The molecule has 1 aliphatic rings. The van der Waals surface area contributed by atoms with Gasteiger partial charge in [0.05, 0.1) is 0 Å². The van der Waals surface area contributed by atoms with Crippen molar-refractivity contribution in [3.63, 3.8) is 0 Å². The highest BCUT2D eigenvalue weighted by atomic mass is 15.3. The van der Waals surface area contributed by atoms with Crippen LogP contribution in [0.4, 0.5) is 11.6 Å². The molecule has 0 saturated carbocycles. The predicted octanol–water partition coefficient (Wildman–Crippen LogP) is 2.24. The number of hydrogen-bond donors (Lipinski definition) is 1. The minimum Gasteiger partial charge on any atom is -0.383 e. The fraction of sp³-hybridized carbons (Fsp3) is 0.750. The molecule has 1 aliphatic heterocycles. The van der Waals surface area contributed by atoms with Crippen LogP contribution in [0.5, 0.6) is 0 Å². The monoisotopic (exact) mass is 291 g/mol. The Balaban J connectivity index is 2.37. The first kappa shape index (κ1) is 16.0. The van der Waals surface area contributed by atoms with Crippen molar-refractivity contribution in [1.82, 2.24) is 14.9 Å². The molecule has 1 atom stereocenters. The van der Waals surface area contributed by atoms with E-state index in [4.69, 9.17) is 10.7 Å². The summed E-state index contributed by atoms with van der Waals surface area (Å²) in [5.41, 5.74) is 7.15. The van der Waals surface area contributed by atoms with Gasteiger partial charge >= 0.3 is 0 Å². The fourth-order valence-electron chi connectivity index (χ4n) is 3.06. The molecule has 0 aliphatic carbocycles. The molecular formula is C16H29N5. The van der Waals surface area contributed by atoms with Crippen LogP contribution in [0.1, 0.15) is 44.5 Å². The number of likely N-dealkylation sites (N-methyl/N-ethyl adjacent to an activating group) is 1. The maximum Gasteiger partial charge on any atom is 0.137 e. The first-order chi connectivity index (χ1) is 10.1. The van der Waals surface area contributed by atoms with E-state index in [-0.39, 0.29) is 0 Å². The molecule has 2 N–H and O–H groups in total. The summed E-state index contributed by atoms with van der Waals surface area (Å²) in [7, 11) is 2.20. The normalized spacial score (nSPS) is 20.6. The standard InChI is InChI=1S/C16H29N5/c1-5-8-14-18-15(17)12(3)16(19-14)21-10-7-9-20(4)11-13(21)6-2/h13H,5-11H2,1-4H3,(H2,17,18,19). The van der Waals surface area contributed by atoms with E-state index < -0.39 is 0 Å². The van der Waals surface area contributed by atoms with Gasteiger partial charge in [0, 0.05) is 31.1 Å². The molecule has 1 unspecified atom stereocenters. The second-order valence-corrected chi connectivity index (χ2v) is 6.09. The third-order valence-corrected chi connectivity index (χ3v) is 4.32. The van der Waals surface area contributed by atoms with Crippen LogP contribution in [0, 0.1) is 6.92 Å². The van der Waals surface area contributed by atoms with E-state index in [0.717, 1.165) is 56.1 Å². The summed E-state index contributed by atoms with van der Waals surface area (Å²) in [5, 5.41) is 0. The molecule has 1 aromatic heterocycles. The van der Waals surface area contributed by atoms with E-state index in [9.17, 15) is 0 Å². The van der Waals surface area contributed by atoms with Crippen molar-refractivity contribution < 1.29 is 0 Å². The third-order valence-electron chi connectivity index (χ3n) is 4.32. The summed E-state index contributed by atoms with van der Waals surface area (Å²) in [6, 6.07) is 0.500. The van der Waals surface area contributed by atoms with Crippen LogP contribution in [0.3, 0.4) is 0 Å². The average Bonchev–Trinajstić information content (AvgIpc) is 2.64. The minimum absolute atomic E-state index is 0.500. The van der Waals surface area contributed by atoms with Crippen LogP contribution in [-0.2, 0) is 6.42 Å². The molecule has 1 saturated heterocycles. The molecule has 0 radical (unpaired) electrons. The van der Waals surface area contributed by atoms with Gasteiger partial charge in [0.2, 0.25) is 0 Å². The minimum atomic E-state index is 0.500. The highest BCUT2D eigenvalue weighted by molar-refractivity contribution is 5.57. The topological polar surface area (TPSA) is 58.3 Å². The van der Waals surface area contributed by atoms with Crippen molar-refractivity contribution in [2.45, 2.75) is 52.5 Å². The average molecular weight is 291 g/mol. The highest BCUT2D eigenvalue weighted by Crippen LogP contribution is 2.26. The molecule has 0 amide bonds. The zero-order valence-electron chi connectivity index (χ0n) is 13.9. The lowest BCUT2D eigenvalue weighted by Gasteiger charge is -2.32. The van der Waals surface area contributed by atoms with Gasteiger partial charge in [-0.3, -0.25) is 0 Å². The number of rotatable bonds is 4. The first-order valence-corrected chi connectivity index (χ1v) is 8.15. The molecule has 5 heteroatoms. The van der Waals surface area contributed by atoms with E-state index in [1.807, 2.05) is 6.92 Å². The van der Waals surface area contributed by atoms with E-state index in [1.165, 1.54) is 6.42 Å². The Kier molecular flexibility index (Phi) is 5.39. The summed E-state index contributed by atoms with van der Waals surface area (Å²) in [6.07, 6.45) is 4.22. The van der Waals surface area contributed by atoms with E-state index in [0.29, 0.717) is 11.9 Å². The summed E-state index contributed by atoms with van der Waals surface area (Å²) in [5.74, 6) is 2.56. The van der Waals surface area contributed by atoms with Crippen molar-refractivity contribution >= 4 is 11.6 Å². The molecule has 21 heavy (non-hydrogen) atoms. The lowest BCUT2D eigenvalue weighted by molar-refractivity contribution is 0.327. The maximum absolute atomic E-state index is 6.12. The number of nitrogen functional groups attached to an aromatic ring is 1. The molecular weight excluding hydrogens is 262 g/mol. The second-order valence-electron chi connectivity index (χ2n) is 6.09. The van der Waals surface area contributed by atoms with Gasteiger partial charge in [0.25, 0.3) is 0 Å². The van der Waals surface area contributed by atoms with Crippen molar-refractivity contribution in [2.75, 3.05) is 37.3 Å². The van der Waals surface area contributed by atoms with Crippen molar-refractivity contribution in [3.8, 4) is 0 Å². The number of aryl methyl sites for hydroxylation is 1. The van der Waals surface area contributed by atoms with Crippen molar-refractivity contribution in [3.05, 3.63) is 11.4 Å². The van der Waals surface area contributed by atoms with Crippen LogP contribution < -0.4 is 10.6 Å². The van der Waals surface area contributed by atoms with Gasteiger partial charge in [-0.05, 0) is 39.8 Å². The smallest absolute Gasteiger partial charge is 0.137 e. The molecule has 118 valence electrons. The largest absolute Gasteiger partial charge is 0.383 e. The lowest BCUT2D eigenvalue weighted by Crippen LogP contribution is -2.41. The molecule has 0 spiro atoms. The second kappa shape index (κ2) is 7.07. The van der Waals surface area contributed by atoms with Crippen molar-refractivity contribution in [1.29, 1.82) is 0 Å². The molecule has 5 nitrogen and oxygen atoms in total. The van der Waals surface area contributed by atoms with Crippen LogP contribution in [-0.4, -0.2) is 47.6 Å². The molecule has 0 bridgehead atoms. The summed E-state index contributed by atoms with van der Waals surface area (Å²) in [4.78, 5) is 14.1. The molecule has 1 aromatic rings. The van der Waals surface area contributed by atoms with Crippen LogP contribution in [0.15, 0.2) is 0 Å². The molecule has 2 rings (SSSR count).